The maximum Gasteiger partial charge on any atom is 0.181 e. The molecule has 0 bridgehead atoms. The second kappa shape index (κ2) is 5.77. The van der Waals surface area contributed by atoms with E-state index in [1.165, 1.54) is 5.94 Å². The SMILES string of the molecule is O=C=C1C=C(F)C2=C(C(OCCF)CCS2(=O)=O)C1Cl. The molecule has 0 radical (unpaired) electrons. The lowest BCUT2D eigenvalue weighted by Gasteiger charge is -2.32. The Bertz CT molecular complexity index is 632. The maximum atomic E-state index is 14.0. The molecule has 1 heterocycles. The number of halogens is 3. The summed E-state index contributed by atoms with van der Waals surface area (Å²) < 4.78 is 55.2. The molecule has 8 heteroatoms. The number of hydrogen-bond donors (Lipinski definition) is 0. The first-order valence-corrected chi connectivity index (χ1v) is 7.92. The predicted molar refractivity (Wildman–Crippen MR) is 69.2 cm³/mol. The van der Waals surface area contributed by atoms with E-state index in [2.05, 4.69) is 0 Å². The molecule has 2 atom stereocenters. The molecule has 0 aromatic carbocycles. The van der Waals surface area contributed by atoms with Crippen LogP contribution in [0.25, 0.3) is 0 Å². The summed E-state index contributed by atoms with van der Waals surface area (Å²) in [6.45, 7) is -1.01. The molecule has 20 heavy (non-hydrogen) atoms. The van der Waals surface area contributed by atoms with Crippen molar-refractivity contribution in [3.63, 3.8) is 0 Å². The third-order valence-electron chi connectivity index (χ3n) is 3.13. The molecule has 1 aliphatic heterocycles. The molecule has 0 aromatic heterocycles. The summed E-state index contributed by atoms with van der Waals surface area (Å²) in [6, 6.07) is 0. The number of ether oxygens (including phenoxy) is 1. The van der Waals surface area contributed by atoms with Crippen molar-refractivity contribution >= 4 is 27.4 Å². The summed E-state index contributed by atoms with van der Waals surface area (Å²) in [6.07, 6.45) is -0.0165. The zero-order chi connectivity index (χ0) is 14.9. The van der Waals surface area contributed by atoms with Crippen molar-refractivity contribution in [1.29, 1.82) is 0 Å². The molecule has 4 nitrogen and oxygen atoms in total. The summed E-state index contributed by atoms with van der Waals surface area (Å²) in [5.41, 5.74) is -0.237. The Morgan fingerprint density at radius 2 is 2.20 bits per heavy atom. The molecule has 2 rings (SSSR count). The van der Waals surface area contributed by atoms with Crippen molar-refractivity contribution in [1.82, 2.24) is 0 Å². The van der Waals surface area contributed by atoms with Crippen LogP contribution in [0.2, 0.25) is 0 Å². The number of carbonyl (C=O) groups excluding carboxylic acids is 1. The standard InChI is InChI=1S/C12H11ClF2O4S/c13-11-7(6-16)5-8(15)12-10(11)9(19-3-2-14)1-4-20(12,17)18/h5,9,11H,1-4H2. The molecular formula is C12H11ClF2O4S. The monoisotopic (exact) mass is 324 g/mol. The summed E-state index contributed by atoms with van der Waals surface area (Å²) in [5, 5.41) is -1.14. The molecule has 0 saturated heterocycles. The van der Waals surface area contributed by atoms with Gasteiger partial charge >= 0.3 is 0 Å². The molecule has 0 aromatic rings. The average molecular weight is 325 g/mol. The molecule has 110 valence electrons. The minimum absolute atomic E-state index is 0.0373. The van der Waals surface area contributed by atoms with Crippen LogP contribution in [-0.2, 0) is 19.4 Å². The number of rotatable bonds is 3. The van der Waals surface area contributed by atoms with Gasteiger partial charge < -0.3 is 4.74 Å². The number of alkyl halides is 2. The fourth-order valence-corrected chi connectivity index (χ4v) is 4.41. The topological polar surface area (TPSA) is 60.4 Å². The van der Waals surface area contributed by atoms with Gasteiger partial charge in [-0.1, -0.05) is 0 Å². The van der Waals surface area contributed by atoms with Gasteiger partial charge in [-0.2, -0.15) is 0 Å². The van der Waals surface area contributed by atoms with Crippen LogP contribution in [0.15, 0.2) is 28.0 Å². The second-order valence-electron chi connectivity index (χ2n) is 4.35. The quantitative estimate of drug-likeness (QED) is 0.585. The van der Waals surface area contributed by atoms with E-state index in [9.17, 15) is 22.0 Å². The second-order valence-corrected chi connectivity index (χ2v) is 6.84. The van der Waals surface area contributed by atoms with E-state index >= 15 is 0 Å². The van der Waals surface area contributed by atoms with Crippen LogP contribution in [0.4, 0.5) is 8.78 Å². The molecule has 0 saturated carbocycles. The van der Waals surface area contributed by atoms with E-state index in [0.29, 0.717) is 0 Å². The van der Waals surface area contributed by atoms with Gasteiger partial charge in [-0.05, 0) is 12.5 Å². The third kappa shape index (κ3) is 2.59. The summed E-state index contributed by atoms with van der Waals surface area (Å²) >= 11 is 6.02. The Balaban J connectivity index is 2.57. The van der Waals surface area contributed by atoms with Crippen LogP contribution in [0.1, 0.15) is 6.42 Å². The van der Waals surface area contributed by atoms with Crippen molar-refractivity contribution in [3.8, 4) is 0 Å². The van der Waals surface area contributed by atoms with Gasteiger partial charge in [0.2, 0.25) is 0 Å². The zero-order valence-corrected chi connectivity index (χ0v) is 11.8. The fraction of sp³-hybridized carbons (Fsp3) is 0.500. The van der Waals surface area contributed by atoms with Gasteiger partial charge in [-0.3, -0.25) is 0 Å². The normalized spacial score (nSPS) is 28.8. The Morgan fingerprint density at radius 3 is 2.80 bits per heavy atom. The van der Waals surface area contributed by atoms with Gasteiger partial charge in [0, 0.05) is 5.57 Å². The molecule has 2 unspecified atom stereocenters. The van der Waals surface area contributed by atoms with Crippen molar-refractivity contribution < 1.29 is 26.7 Å². The third-order valence-corrected chi connectivity index (χ3v) is 5.42. The van der Waals surface area contributed by atoms with Gasteiger partial charge in [0.15, 0.2) is 9.84 Å². The van der Waals surface area contributed by atoms with Crippen molar-refractivity contribution in [2.24, 2.45) is 0 Å². The Labute approximate surface area is 119 Å². The molecule has 0 N–H and O–H groups in total. The smallest absolute Gasteiger partial charge is 0.181 e. The van der Waals surface area contributed by atoms with E-state index in [1.807, 2.05) is 0 Å². The van der Waals surface area contributed by atoms with Crippen LogP contribution in [0, 0.1) is 0 Å². The van der Waals surface area contributed by atoms with E-state index in [-0.39, 0.29) is 29.9 Å². The van der Waals surface area contributed by atoms with E-state index < -0.39 is 38.7 Å². The lowest BCUT2D eigenvalue weighted by atomic mass is 9.93. The summed E-state index contributed by atoms with van der Waals surface area (Å²) in [5.74, 6) is 0.117. The molecule has 1 aliphatic carbocycles. The van der Waals surface area contributed by atoms with E-state index in [0.717, 1.165) is 6.08 Å². The first-order valence-electron chi connectivity index (χ1n) is 5.83. The molecule has 0 fully saturated rings. The Morgan fingerprint density at radius 1 is 1.50 bits per heavy atom. The van der Waals surface area contributed by atoms with E-state index in [4.69, 9.17) is 16.3 Å². The van der Waals surface area contributed by atoms with Gasteiger partial charge in [0.1, 0.15) is 23.3 Å². The van der Waals surface area contributed by atoms with E-state index in [1.54, 1.807) is 0 Å². The molecule has 0 amide bonds. The van der Waals surface area contributed by atoms with Gasteiger partial charge in [-0.25, -0.2) is 22.0 Å². The van der Waals surface area contributed by atoms with Gasteiger partial charge in [0.05, 0.1) is 29.4 Å². The number of sulfone groups is 1. The molecular weight excluding hydrogens is 314 g/mol. The minimum atomic E-state index is -3.82. The molecule has 2 aliphatic rings. The lowest BCUT2D eigenvalue weighted by molar-refractivity contribution is 0.0626. The van der Waals surface area contributed by atoms with Crippen molar-refractivity contribution in [3.05, 3.63) is 28.0 Å². The first-order chi connectivity index (χ1) is 9.42. The average Bonchev–Trinajstić information content (AvgIpc) is 2.40. The van der Waals surface area contributed by atoms with Crippen LogP contribution in [0.5, 0.6) is 0 Å². The number of hydrogen-bond acceptors (Lipinski definition) is 4. The fourth-order valence-electron chi connectivity index (χ4n) is 2.29. The highest BCUT2D eigenvalue weighted by atomic mass is 35.5. The van der Waals surface area contributed by atoms with Gasteiger partial charge in [0.25, 0.3) is 0 Å². The highest BCUT2D eigenvalue weighted by Crippen LogP contribution is 2.41. The van der Waals surface area contributed by atoms with Crippen molar-refractivity contribution in [2.45, 2.75) is 17.9 Å². The summed E-state index contributed by atoms with van der Waals surface area (Å²) in [4.78, 5) is 10.2. The van der Waals surface area contributed by atoms with Crippen LogP contribution < -0.4 is 0 Å². The summed E-state index contributed by atoms with van der Waals surface area (Å²) in [7, 11) is -3.82. The Kier molecular flexibility index (Phi) is 4.44. The van der Waals surface area contributed by atoms with Crippen molar-refractivity contribution in [2.75, 3.05) is 19.0 Å². The predicted octanol–water partition coefficient (Wildman–Crippen LogP) is 1.65. The van der Waals surface area contributed by atoms with Gasteiger partial charge in [-0.15, -0.1) is 11.6 Å². The minimum Gasteiger partial charge on any atom is -0.371 e. The highest BCUT2D eigenvalue weighted by Gasteiger charge is 2.42. The highest BCUT2D eigenvalue weighted by molar-refractivity contribution is 7.95. The number of allylic oxidation sites excluding steroid dienone is 3. The Hall–Kier alpha value is -1.01. The van der Waals surface area contributed by atoms with Crippen LogP contribution >= 0.6 is 11.6 Å². The maximum absolute atomic E-state index is 14.0. The lowest BCUT2D eigenvalue weighted by Crippen LogP contribution is -2.36. The molecule has 0 spiro atoms. The largest absolute Gasteiger partial charge is 0.371 e. The first kappa shape index (κ1) is 15.4. The van der Waals surface area contributed by atoms with Crippen LogP contribution in [0.3, 0.4) is 0 Å². The van der Waals surface area contributed by atoms with Crippen LogP contribution in [-0.4, -0.2) is 44.9 Å². The zero-order valence-electron chi connectivity index (χ0n) is 10.2.